The number of furan rings is 1. The molecule has 0 bridgehead atoms. The van der Waals surface area contributed by atoms with Gasteiger partial charge in [-0.15, -0.1) is 0 Å². The van der Waals surface area contributed by atoms with Crippen molar-refractivity contribution in [3.8, 4) is 0 Å². The number of hydrogen-bond acceptors (Lipinski definition) is 1. The molecular formula is C11H9ClO. The van der Waals surface area contributed by atoms with Crippen molar-refractivity contribution in [1.82, 2.24) is 0 Å². The van der Waals surface area contributed by atoms with E-state index < -0.39 is 0 Å². The van der Waals surface area contributed by atoms with Gasteiger partial charge in [0, 0.05) is 5.39 Å². The highest BCUT2D eigenvalue weighted by Gasteiger charge is 2.05. The van der Waals surface area contributed by atoms with Crippen LogP contribution >= 0.6 is 11.6 Å². The van der Waals surface area contributed by atoms with Gasteiger partial charge in [0.25, 0.3) is 0 Å². The molecule has 0 unspecified atom stereocenters. The van der Waals surface area contributed by atoms with Crippen molar-refractivity contribution in [1.29, 1.82) is 0 Å². The van der Waals surface area contributed by atoms with Gasteiger partial charge in [-0.05, 0) is 30.7 Å². The molecule has 0 aliphatic rings. The van der Waals surface area contributed by atoms with Gasteiger partial charge in [-0.1, -0.05) is 24.3 Å². The number of benzene rings is 1. The van der Waals surface area contributed by atoms with Crippen LogP contribution in [0.5, 0.6) is 0 Å². The number of fused-ring (bicyclic) bond motifs is 1. The first-order chi connectivity index (χ1) is 6.20. The minimum atomic E-state index is 0.712. The maximum absolute atomic E-state index is 6.05. The summed E-state index contributed by atoms with van der Waals surface area (Å²) in [6, 6.07) is 5.75. The Kier molecular flexibility index (Phi) is 1.89. The Morgan fingerprint density at radius 1 is 1.38 bits per heavy atom. The van der Waals surface area contributed by atoms with E-state index in [0.29, 0.717) is 5.02 Å². The maximum atomic E-state index is 6.05. The Morgan fingerprint density at radius 2 is 2.15 bits per heavy atom. The van der Waals surface area contributed by atoms with E-state index in [4.69, 9.17) is 16.0 Å². The molecule has 0 spiro atoms. The van der Waals surface area contributed by atoms with Crippen molar-refractivity contribution in [2.75, 3.05) is 0 Å². The lowest BCUT2D eigenvalue weighted by molar-refractivity contribution is 0.578. The molecule has 1 aromatic heterocycles. The van der Waals surface area contributed by atoms with Crippen molar-refractivity contribution < 1.29 is 4.42 Å². The number of aryl methyl sites for hydroxylation is 1. The van der Waals surface area contributed by atoms with Crippen LogP contribution in [0.1, 0.15) is 11.3 Å². The van der Waals surface area contributed by atoms with Crippen LogP contribution in [0.2, 0.25) is 5.02 Å². The minimum absolute atomic E-state index is 0.712. The zero-order chi connectivity index (χ0) is 9.42. The first-order valence-electron chi connectivity index (χ1n) is 4.03. The Morgan fingerprint density at radius 3 is 2.85 bits per heavy atom. The topological polar surface area (TPSA) is 13.1 Å². The van der Waals surface area contributed by atoms with E-state index in [1.165, 1.54) is 0 Å². The molecule has 66 valence electrons. The molecule has 0 radical (unpaired) electrons. The van der Waals surface area contributed by atoms with Crippen LogP contribution < -0.4 is 0 Å². The molecule has 0 saturated heterocycles. The second-order valence-corrected chi connectivity index (χ2v) is 3.38. The predicted molar refractivity (Wildman–Crippen MR) is 56.1 cm³/mol. The lowest BCUT2D eigenvalue weighted by atomic mass is 10.1. The smallest absolute Gasteiger partial charge is 0.136 e. The van der Waals surface area contributed by atoms with Crippen LogP contribution in [0.15, 0.2) is 29.2 Å². The Hall–Kier alpha value is -1.21. The van der Waals surface area contributed by atoms with Gasteiger partial charge in [0.05, 0.1) is 5.02 Å². The van der Waals surface area contributed by atoms with Crippen molar-refractivity contribution in [3.05, 3.63) is 41.1 Å². The molecule has 0 amide bonds. The Balaban J connectivity index is 2.82. The van der Waals surface area contributed by atoms with Gasteiger partial charge < -0.3 is 4.42 Å². The average molecular weight is 193 g/mol. The largest absolute Gasteiger partial charge is 0.461 e. The molecule has 2 aromatic rings. The summed E-state index contributed by atoms with van der Waals surface area (Å²) in [5.41, 5.74) is 1.80. The molecule has 0 aliphatic heterocycles. The summed E-state index contributed by atoms with van der Waals surface area (Å²) in [6.45, 7) is 5.59. The first kappa shape index (κ1) is 8.39. The first-order valence-corrected chi connectivity index (χ1v) is 4.40. The summed E-state index contributed by atoms with van der Waals surface area (Å²) >= 11 is 6.05. The van der Waals surface area contributed by atoms with Gasteiger partial charge in [-0.2, -0.15) is 0 Å². The summed E-state index contributed by atoms with van der Waals surface area (Å²) in [5.74, 6) is 0.873. The van der Waals surface area contributed by atoms with Crippen molar-refractivity contribution in [3.63, 3.8) is 0 Å². The molecule has 1 nitrogen and oxygen atoms in total. The highest BCUT2D eigenvalue weighted by Crippen LogP contribution is 2.28. The molecule has 0 atom stereocenters. The molecule has 1 aromatic carbocycles. The minimum Gasteiger partial charge on any atom is -0.461 e. The van der Waals surface area contributed by atoms with E-state index in [1.807, 2.05) is 25.1 Å². The Labute approximate surface area is 81.6 Å². The molecule has 2 rings (SSSR count). The van der Waals surface area contributed by atoms with Gasteiger partial charge in [0.2, 0.25) is 0 Å². The monoisotopic (exact) mass is 192 g/mol. The zero-order valence-corrected chi connectivity index (χ0v) is 8.06. The average Bonchev–Trinajstić information content (AvgIpc) is 2.46. The third-order valence-corrected chi connectivity index (χ3v) is 2.28. The normalized spacial score (nSPS) is 10.6. The molecule has 0 N–H and O–H groups in total. The van der Waals surface area contributed by atoms with E-state index in [2.05, 4.69) is 6.58 Å². The quantitative estimate of drug-likeness (QED) is 0.665. The summed E-state index contributed by atoms with van der Waals surface area (Å²) < 4.78 is 5.46. The SMILES string of the molecule is C=Cc1cc(Cl)c2cc(C)oc2c1. The summed E-state index contributed by atoms with van der Waals surface area (Å²) in [6.07, 6.45) is 1.75. The predicted octanol–water partition coefficient (Wildman–Crippen LogP) is 4.04. The van der Waals surface area contributed by atoms with Crippen LogP contribution in [0.3, 0.4) is 0 Å². The van der Waals surface area contributed by atoms with Crippen LogP contribution in [0, 0.1) is 6.92 Å². The van der Waals surface area contributed by atoms with Gasteiger partial charge in [0.1, 0.15) is 11.3 Å². The molecule has 0 saturated carbocycles. The summed E-state index contributed by atoms with van der Waals surface area (Å²) in [5, 5.41) is 1.68. The van der Waals surface area contributed by atoms with E-state index in [0.717, 1.165) is 22.3 Å². The maximum Gasteiger partial charge on any atom is 0.136 e. The van der Waals surface area contributed by atoms with E-state index in [-0.39, 0.29) is 0 Å². The van der Waals surface area contributed by atoms with Crippen molar-refractivity contribution in [2.24, 2.45) is 0 Å². The van der Waals surface area contributed by atoms with Crippen molar-refractivity contribution in [2.45, 2.75) is 6.92 Å². The van der Waals surface area contributed by atoms with Crippen LogP contribution in [-0.2, 0) is 0 Å². The highest BCUT2D eigenvalue weighted by atomic mass is 35.5. The molecule has 2 heteroatoms. The van der Waals surface area contributed by atoms with Gasteiger partial charge in [-0.25, -0.2) is 0 Å². The highest BCUT2D eigenvalue weighted by molar-refractivity contribution is 6.35. The number of hydrogen-bond donors (Lipinski definition) is 0. The fraction of sp³-hybridized carbons (Fsp3) is 0.0909. The fourth-order valence-corrected chi connectivity index (χ4v) is 1.63. The summed E-state index contributed by atoms with van der Waals surface area (Å²) in [4.78, 5) is 0. The number of rotatable bonds is 1. The van der Waals surface area contributed by atoms with Crippen molar-refractivity contribution >= 4 is 28.6 Å². The van der Waals surface area contributed by atoms with Crippen LogP contribution in [-0.4, -0.2) is 0 Å². The van der Waals surface area contributed by atoms with Gasteiger partial charge in [-0.3, -0.25) is 0 Å². The second-order valence-electron chi connectivity index (χ2n) is 2.98. The molecule has 0 fully saturated rings. The lowest BCUT2D eigenvalue weighted by Gasteiger charge is -1.95. The van der Waals surface area contributed by atoms with Gasteiger partial charge in [0.15, 0.2) is 0 Å². The van der Waals surface area contributed by atoms with Gasteiger partial charge >= 0.3 is 0 Å². The molecular weight excluding hydrogens is 184 g/mol. The van der Waals surface area contributed by atoms with E-state index in [1.54, 1.807) is 6.08 Å². The van der Waals surface area contributed by atoms with E-state index >= 15 is 0 Å². The third-order valence-electron chi connectivity index (χ3n) is 1.97. The second kappa shape index (κ2) is 2.93. The van der Waals surface area contributed by atoms with E-state index in [9.17, 15) is 0 Å². The summed E-state index contributed by atoms with van der Waals surface area (Å²) in [7, 11) is 0. The van der Waals surface area contributed by atoms with Crippen LogP contribution in [0.4, 0.5) is 0 Å². The third kappa shape index (κ3) is 1.36. The Bertz CT molecular complexity index is 468. The molecule has 13 heavy (non-hydrogen) atoms. The zero-order valence-electron chi connectivity index (χ0n) is 7.30. The number of halogens is 1. The molecule has 1 heterocycles. The molecule has 0 aliphatic carbocycles. The lowest BCUT2D eigenvalue weighted by Crippen LogP contribution is -1.72. The fourth-order valence-electron chi connectivity index (χ4n) is 1.36. The van der Waals surface area contributed by atoms with Crippen LogP contribution in [0.25, 0.3) is 17.0 Å². The standard InChI is InChI=1S/C11H9ClO/c1-3-8-5-10(12)9-4-7(2)13-11(9)6-8/h3-6H,1H2,2H3.